The van der Waals surface area contributed by atoms with Crippen LogP contribution in [-0.2, 0) is 11.0 Å². The quantitative estimate of drug-likeness (QED) is 0.837. The van der Waals surface area contributed by atoms with E-state index in [-0.39, 0.29) is 24.2 Å². The summed E-state index contributed by atoms with van der Waals surface area (Å²) in [6.07, 6.45) is -4.93. The molecule has 2 N–H and O–H groups in total. The predicted octanol–water partition coefficient (Wildman–Crippen LogP) is 2.05. The maximum Gasteiger partial charge on any atom is 0.445 e. The van der Waals surface area contributed by atoms with Crippen LogP contribution in [-0.4, -0.2) is 32.7 Å². The van der Waals surface area contributed by atoms with Crippen molar-refractivity contribution < 1.29 is 31.9 Å². The summed E-state index contributed by atoms with van der Waals surface area (Å²) in [6, 6.07) is 0. The smallest absolute Gasteiger partial charge is 0.383 e. The molecule has 1 heterocycles. The fourth-order valence-electron chi connectivity index (χ4n) is 1.60. The maximum absolute atomic E-state index is 13.6. The molecule has 0 aliphatic heterocycles. The van der Waals surface area contributed by atoms with Crippen molar-refractivity contribution in [1.29, 1.82) is 0 Å². The van der Waals surface area contributed by atoms with E-state index < -0.39 is 33.7 Å². The Labute approximate surface area is 112 Å². The summed E-state index contributed by atoms with van der Waals surface area (Å²) in [7, 11) is 0. The lowest BCUT2D eigenvalue weighted by Crippen LogP contribution is -2.59. The number of carbonyl (C=O) groups excluding carboxylic acids is 1. The number of nitrogens with one attached hydrogen (secondary N) is 1. The summed E-state index contributed by atoms with van der Waals surface area (Å²) in [6.45, 7) is 0. The van der Waals surface area contributed by atoms with Gasteiger partial charge in [-0.3, -0.25) is 10.1 Å². The molecule has 1 fully saturated rings. The molecule has 0 saturated heterocycles. The van der Waals surface area contributed by atoms with Gasteiger partial charge in [0.15, 0.2) is 0 Å². The highest BCUT2D eigenvalue weighted by molar-refractivity contribution is 7.15. The minimum absolute atomic E-state index is 0.0736. The van der Waals surface area contributed by atoms with E-state index in [1.54, 1.807) is 5.32 Å². The largest absolute Gasteiger partial charge is 0.445 e. The van der Waals surface area contributed by atoms with Crippen LogP contribution in [0.3, 0.4) is 0 Å². The zero-order valence-electron chi connectivity index (χ0n) is 9.67. The molecule has 0 bridgehead atoms. The Bertz CT molecular complexity index is 526. The number of nitrogens with zero attached hydrogens (tertiary/aromatic N) is 2. The average Bonchev–Trinajstić information content (AvgIpc) is 2.73. The summed E-state index contributed by atoms with van der Waals surface area (Å²) in [5.74, 6) is -6.00. The van der Waals surface area contributed by atoms with Crippen molar-refractivity contribution in [3.05, 3.63) is 5.01 Å². The summed E-state index contributed by atoms with van der Waals surface area (Å²) >= 11 is -0.0736. The standard InChI is InChI=1S/C9H8F5N3O2S/c10-8(11,7(19)2-1-3-7)4(18)15-6-17-16-5(20-6)9(12,13)14/h19H,1-3H2,(H,15,17,18). The molecule has 0 aromatic carbocycles. The van der Waals surface area contributed by atoms with Crippen molar-refractivity contribution >= 4 is 22.4 Å². The topological polar surface area (TPSA) is 75.1 Å². The predicted molar refractivity (Wildman–Crippen MR) is 57.3 cm³/mol. The first-order valence-corrected chi connectivity index (χ1v) is 6.20. The highest BCUT2D eigenvalue weighted by Gasteiger charge is 2.61. The molecule has 1 aromatic rings. The molecule has 1 aliphatic rings. The fourth-order valence-corrected chi connectivity index (χ4v) is 2.21. The summed E-state index contributed by atoms with van der Waals surface area (Å²) in [5.41, 5.74) is -2.45. The van der Waals surface area contributed by atoms with Crippen molar-refractivity contribution in [2.45, 2.75) is 37.0 Å². The number of rotatable bonds is 3. The summed E-state index contributed by atoms with van der Waals surface area (Å²) in [4.78, 5) is 11.4. The number of anilines is 1. The van der Waals surface area contributed by atoms with Crippen LogP contribution in [0, 0.1) is 0 Å². The van der Waals surface area contributed by atoms with Gasteiger partial charge in [0.2, 0.25) is 10.1 Å². The highest BCUT2D eigenvalue weighted by atomic mass is 32.1. The van der Waals surface area contributed by atoms with Crippen LogP contribution in [0.1, 0.15) is 24.3 Å². The number of amides is 1. The number of aliphatic hydroxyl groups is 1. The molecule has 11 heteroatoms. The molecule has 0 unspecified atom stereocenters. The Hall–Kier alpha value is -1.36. The normalized spacial score (nSPS) is 18.5. The van der Waals surface area contributed by atoms with Crippen LogP contribution in [0.25, 0.3) is 0 Å². The van der Waals surface area contributed by atoms with E-state index in [0.717, 1.165) is 0 Å². The Kier molecular flexibility index (Phi) is 3.45. The van der Waals surface area contributed by atoms with E-state index in [1.165, 1.54) is 0 Å². The van der Waals surface area contributed by atoms with Crippen molar-refractivity contribution in [2.24, 2.45) is 0 Å². The van der Waals surface area contributed by atoms with Gasteiger partial charge in [0.1, 0.15) is 5.60 Å². The Balaban J connectivity index is 2.10. The van der Waals surface area contributed by atoms with Gasteiger partial charge in [-0.1, -0.05) is 11.3 Å². The van der Waals surface area contributed by atoms with E-state index in [4.69, 9.17) is 0 Å². The lowest BCUT2D eigenvalue weighted by Gasteiger charge is -2.41. The number of carbonyl (C=O) groups is 1. The van der Waals surface area contributed by atoms with Gasteiger partial charge in [0, 0.05) is 0 Å². The number of hydrogen-bond acceptors (Lipinski definition) is 5. The van der Waals surface area contributed by atoms with Crippen molar-refractivity contribution in [1.82, 2.24) is 10.2 Å². The molecule has 20 heavy (non-hydrogen) atoms. The van der Waals surface area contributed by atoms with Crippen molar-refractivity contribution in [3.63, 3.8) is 0 Å². The zero-order valence-corrected chi connectivity index (χ0v) is 10.5. The molecule has 0 atom stereocenters. The van der Waals surface area contributed by atoms with Gasteiger partial charge in [0.25, 0.3) is 5.91 Å². The lowest BCUT2D eigenvalue weighted by atomic mass is 9.75. The van der Waals surface area contributed by atoms with Gasteiger partial charge >= 0.3 is 12.1 Å². The zero-order chi connectivity index (χ0) is 15.2. The molecule has 0 radical (unpaired) electrons. The van der Waals surface area contributed by atoms with Gasteiger partial charge in [0.05, 0.1) is 0 Å². The second-order valence-corrected chi connectivity index (χ2v) is 5.30. The first-order chi connectivity index (χ1) is 9.06. The molecule has 1 aliphatic carbocycles. The van der Waals surface area contributed by atoms with Crippen LogP contribution >= 0.6 is 11.3 Å². The number of alkyl halides is 5. The number of halogens is 5. The second kappa shape index (κ2) is 4.58. The third-order valence-electron chi connectivity index (χ3n) is 2.94. The van der Waals surface area contributed by atoms with Crippen molar-refractivity contribution in [3.8, 4) is 0 Å². The maximum atomic E-state index is 13.6. The third-order valence-corrected chi connectivity index (χ3v) is 3.82. The third kappa shape index (κ3) is 2.46. The van der Waals surface area contributed by atoms with E-state index in [0.29, 0.717) is 6.42 Å². The van der Waals surface area contributed by atoms with E-state index in [2.05, 4.69) is 10.2 Å². The van der Waals surface area contributed by atoms with Crippen LogP contribution in [0.15, 0.2) is 0 Å². The average molecular weight is 317 g/mol. The van der Waals surface area contributed by atoms with E-state index in [9.17, 15) is 31.9 Å². The summed E-state index contributed by atoms with van der Waals surface area (Å²) < 4.78 is 64.0. The Morgan fingerprint density at radius 3 is 2.25 bits per heavy atom. The van der Waals surface area contributed by atoms with Gasteiger partial charge in [-0.2, -0.15) is 22.0 Å². The molecular formula is C9H8F5N3O2S. The van der Waals surface area contributed by atoms with Crippen LogP contribution in [0.4, 0.5) is 27.1 Å². The van der Waals surface area contributed by atoms with Crippen molar-refractivity contribution in [2.75, 3.05) is 5.32 Å². The number of hydrogen-bond donors (Lipinski definition) is 2. The summed E-state index contributed by atoms with van der Waals surface area (Å²) in [5, 5.41) is 14.7. The first-order valence-electron chi connectivity index (χ1n) is 5.39. The monoisotopic (exact) mass is 317 g/mol. The van der Waals surface area contributed by atoms with Gasteiger partial charge in [-0.15, -0.1) is 10.2 Å². The number of aromatic nitrogens is 2. The Morgan fingerprint density at radius 2 is 1.85 bits per heavy atom. The molecule has 5 nitrogen and oxygen atoms in total. The minimum atomic E-state index is -4.77. The molecular weight excluding hydrogens is 309 g/mol. The molecule has 1 amide bonds. The van der Waals surface area contributed by atoms with E-state index >= 15 is 0 Å². The van der Waals surface area contributed by atoms with E-state index in [1.807, 2.05) is 0 Å². The first kappa shape index (κ1) is 15.0. The van der Waals surface area contributed by atoms with Gasteiger partial charge < -0.3 is 5.11 Å². The minimum Gasteiger partial charge on any atom is -0.383 e. The van der Waals surface area contributed by atoms with Gasteiger partial charge in [-0.05, 0) is 19.3 Å². The molecule has 2 rings (SSSR count). The van der Waals surface area contributed by atoms with Crippen LogP contribution in [0.5, 0.6) is 0 Å². The lowest BCUT2D eigenvalue weighted by molar-refractivity contribution is -0.212. The highest BCUT2D eigenvalue weighted by Crippen LogP contribution is 2.44. The van der Waals surface area contributed by atoms with Gasteiger partial charge in [-0.25, -0.2) is 0 Å². The SMILES string of the molecule is O=C(Nc1nnc(C(F)(F)F)s1)C(F)(F)C1(O)CCC1. The van der Waals surface area contributed by atoms with Crippen LogP contribution < -0.4 is 5.32 Å². The molecule has 1 aromatic heterocycles. The van der Waals surface area contributed by atoms with Crippen LogP contribution in [0.2, 0.25) is 0 Å². The molecule has 0 spiro atoms. The Morgan fingerprint density at radius 1 is 1.25 bits per heavy atom. The second-order valence-electron chi connectivity index (χ2n) is 4.32. The molecule has 1 saturated carbocycles. The fraction of sp³-hybridized carbons (Fsp3) is 0.667. The molecule has 112 valence electrons.